The molecule has 0 radical (unpaired) electrons. The van der Waals surface area contributed by atoms with Crippen LogP contribution in [0.2, 0.25) is 0 Å². The summed E-state index contributed by atoms with van der Waals surface area (Å²) in [5.74, 6) is 2.92. The maximum absolute atomic E-state index is 5.97. The van der Waals surface area contributed by atoms with Crippen LogP contribution in [0.25, 0.3) is 0 Å². The van der Waals surface area contributed by atoms with Crippen LogP contribution in [-0.4, -0.2) is 15.8 Å². The van der Waals surface area contributed by atoms with Gasteiger partial charge in [0.15, 0.2) is 0 Å². The van der Waals surface area contributed by atoms with Gasteiger partial charge in [0.1, 0.15) is 0 Å². The maximum atomic E-state index is 5.97. The number of nitrogens with zero attached hydrogens (tertiary/aromatic N) is 2. The molecule has 0 amide bonds. The van der Waals surface area contributed by atoms with Crippen molar-refractivity contribution in [2.45, 2.75) is 70.4 Å². The fraction of sp³-hybridized carbons (Fsp3) is 0.824. The maximum Gasteiger partial charge on any atom is 0.0638 e. The zero-order chi connectivity index (χ0) is 13.9. The summed E-state index contributed by atoms with van der Waals surface area (Å²) in [6.45, 7) is 4.34. The molecule has 5 rings (SSSR count). The standard InChI is InChI=1S/C17H27N3/c1-11(18)3-16-10-19-20(12(16)2)17-7-13-4-14(8-17)6-15(5-13)9-17/h10-11,13-15H,3-9,18H2,1-2H3. The summed E-state index contributed by atoms with van der Waals surface area (Å²) in [6.07, 6.45) is 11.6. The molecule has 1 atom stereocenters. The highest BCUT2D eigenvalue weighted by Gasteiger charge is 2.52. The van der Waals surface area contributed by atoms with E-state index in [1.54, 1.807) is 0 Å². The third-order valence-corrected chi connectivity index (χ3v) is 6.11. The molecule has 0 aromatic carbocycles. The van der Waals surface area contributed by atoms with Crippen molar-refractivity contribution in [1.29, 1.82) is 0 Å². The van der Waals surface area contributed by atoms with Gasteiger partial charge < -0.3 is 5.73 Å². The molecule has 3 heteroatoms. The summed E-state index contributed by atoms with van der Waals surface area (Å²) in [5, 5.41) is 4.82. The fourth-order valence-corrected chi connectivity index (χ4v) is 5.79. The molecule has 1 aromatic rings. The molecule has 4 aliphatic carbocycles. The van der Waals surface area contributed by atoms with E-state index in [0.29, 0.717) is 5.54 Å². The lowest BCUT2D eigenvalue weighted by molar-refractivity contribution is -0.0504. The van der Waals surface area contributed by atoms with Gasteiger partial charge in [-0.2, -0.15) is 5.10 Å². The van der Waals surface area contributed by atoms with Crippen LogP contribution in [0.3, 0.4) is 0 Å². The molecule has 0 spiro atoms. The summed E-state index contributed by atoms with van der Waals surface area (Å²) in [6, 6.07) is 0.225. The highest BCUT2D eigenvalue weighted by molar-refractivity contribution is 5.20. The van der Waals surface area contributed by atoms with E-state index >= 15 is 0 Å². The average molecular weight is 273 g/mol. The number of rotatable bonds is 3. The predicted molar refractivity (Wildman–Crippen MR) is 80.5 cm³/mol. The minimum atomic E-state index is 0.225. The van der Waals surface area contributed by atoms with Crippen LogP contribution in [0, 0.1) is 24.7 Å². The van der Waals surface area contributed by atoms with E-state index in [9.17, 15) is 0 Å². The van der Waals surface area contributed by atoms with Crippen LogP contribution < -0.4 is 5.73 Å². The second-order valence-corrected chi connectivity index (χ2v) is 7.99. The van der Waals surface area contributed by atoms with Crippen molar-refractivity contribution < 1.29 is 0 Å². The average Bonchev–Trinajstić information content (AvgIpc) is 2.69. The van der Waals surface area contributed by atoms with Crippen molar-refractivity contribution in [2.24, 2.45) is 23.5 Å². The first kappa shape index (κ1) is 12.9. The molecule has 0 aliphatic heterocycles. The highest BCUT2D eigenvalue weighted by Crippen LogP contribution is 2.58. The number of aromatic nitrogens is 2. The lowest BCUT2D eigenvalue weighted by Gasteiger charge is -2.57. The smallest absolute Gasteiger partial charge is 0.0638 e. The van der Waals surface area contributed by atoms with Crippen molar-refractivity contribution in [3.8, 4) is 0 Å². The topological polar surface area (TPSA) is 43.8 Å². The van der Waals surface area contributed by atoms with Gasteiger partial charge in [-0.25, -0.2) is 0 Å². The zero-order valence-electron chi connectivity index (χ0n) is 12.8. The van der Waals surface area contributed by atoms with Crippen molar-refractivity contribution in [3.05, 3.63) is 17.5 Å². The quantitative estimate of drug-likeness (QED) is 0.920. The van der Waals surface area contributed by atoms with Crippen molar-refractivity contribution in [2.75, 3.05) is 0 Å². The Bertz CT molecular complexity index is 479. The molecule has 110 valence electrons. The Morgan fingerprint density at radius 3 is 2.30 bits per heavy atom. The normalized spacial score (nSPS) is 40.2. The van der Waals surface area contributed by atoms with Crippen LogP contribution in [0.15, 0.2) is 6.20 Å². The SMILES string of the molecule is Cc1c(CC(C)N)cnn1C12CC3CC(CC(C3)C1)C2. The molecule has 3 nitrogen and oxygen atoms in total. The Morgan fingerprint density at radius 1 is 1.25 bits per heavy atom. The van der Waals surface area contributed by atoms with Gasteiger partial charge in [0, 0.05) is 11.7 Å². The Morgan fingerprint density at radius 2 is 1.80 bits per heavy atom. The molecule has 4 aliphatic rings. The lowest BCUT2D eigenvalue weighted by Crippen LogP contribution is -2.52. The molecule has 20 heavy (non-hydrogen) atoms. The third kappa shape index (κ3) is 1.86. The second kappa shape index (κ2) is 4.33. The van der Waals surface area contributed by atoms with Crippen molar-refractivity contribution in [3.63, 3.8) is 0 Å². The van der Waals surface area contributed by atoms with Gasteiger partial charge in [-0.15, -0.1) is 0 Å². The first-order valence-corrected chi connectivity index (χ1v) is 8.35. The molecule has 4 bridgehead atoms. The molecule has 2 N–H and O–H groups in total. The van der Waals surface area contributed by atoms with E-state index in [2.05, 4.69) is 24.7 Å². The lowest BCUT2D eigenvalue weighted by atomic mass is 9.53. The number of hydrogen-bond acceptors (Lipinski definition) is 2. The molecule has 1 unspecified atom stereocenters. The van der Waals surface area contributed by atoms with Crippen LogP contribution in [0.5, 0.6) is 0 Å². The van der Waals surface area contributed by atoms with Gasteiger partial charge in [-0.3, -0.25) is 4.68 Å². The summed E-state index contributed by atoms with van der Waals surface area (Å²) >= 11 is 0. The van der Waals surface area contributed by atoms with E-state index in [0.717, 1.165) is 24.2 Å². The van der Waals surface area contributed by atoms with E-state index in [1.165, 1.54) is 49.8 Å². The third-order valence-electron chi connectivity index (χ3n) is 6.11. The Labute approximate surface area is 121 Å². The minimum absolute atomic E-state index is 0.225. The van der Waals surface area contributed by atoms with Crippen LogP contribution in [-0.2, 0) is 12.0 Å². The molecule has 1 aromatic heterocycles. The largest absolute Gasteiger partial charge is 0.328 e. The van der Waals surface area contributed by atoms with Crippen molar-refractivity contribution in [1.82, 2.24) is 9.78 Å². The first-order chi connectivity index (χ1) is 9.56. The molecule has 1 heterocycles. The molecular formula is C17H27N3. The Balaban J connectivity index is 1.69. The van der Waals surface area contributed by atoms with Gasteiger partial charge >= 0.3 is 0 Å². The van der Waals surface area contributed by atoms with E-state index in [4.69, 9.17) is 10.8 Å². The van der Waals surface area contributed by atoms with Gasteiger partial charge in [-0.1, -0.05) is 0 Å². The van der Waals surface area contributed by atoms with E-state index in [1.807, 2.05) is 0 Å². The molecule has 4 saturated carbocycles. The fourth-order valence-electron chi connectivity index (χ4n) is 5.79. The van der Waals surface area contributed by atoms with E-state index < -0.39 is 0 Å². The second-order valence-electron chi connectivity index (χ2n) is 7.99. The highest BCUT2D eigenvalue weighted by atomic mass is 15.3. The van der Waals surface area contributed by atoms with Crippen LogP contribution >= 0.6 is 0 Å². The molecule has 4 fully saturated rings. The molecular weight excluding hydrogens is 246 g/mol. The summed E-state index contributed by atoms with van der Waals surface area (Å²) in [4.78, 5) is 0. The van der Waals surface area contributed by atoms with Gasteiger partial charge in [0.25, 0.3) is 0 Å². The van der Waals surface area contributed by atoms with Gasteiger partial charge in [0.05, 0.1) is 11.7 Å². The predicted octanol–water partition coefficient (Wildman–Crippen LogP) is 3.01. The Hall–Kier alpha value is -0.830. The first-order valence-electron chi connectivity index (χ1n) is 8.35. The van der Waals surface area contributed by atoms with Gasteiger partial charge in [0.2, 0.25) is 0 Å². The van der Waals surface area contributed by atoms with Crippen LogP contribution in [0.4, 0.5) is 0 Å². The van der Waals surface area contributed by atoms with Gasteiger partial charge in [-0.05, 0) is 82.1 Å². The van der Waals surface area contributed by atoms with Crippen molar-refractivity contribution >= 4 is 0 Å². The summed E-state index contributed by atoms with van der Waals surface area (Å²) in [5.41, 5.74) is 9.06. The van der Waals surface area contributed by atoms with E-state index in [-0.39, 0.29) is 6.04 Å². The van der Waals surface area contributed by atoms with Crippen LogP contribution in [0.1, 0.15) is 56.7 Å². The molecule has 0 saturated heterocycles. The number of hydrogen-bond donors (Lipinski definition) is 1. The number of nitrogens with two attached hydrogens (primary N) is 1. The summed E-state index contributed by atoms with van der Waals surface area (Å²) in [7, 11) is 0. The minimum Gasteiger partial charge on any atom is -0.328 e. The Kier molecular flexibility index (Phi) is 2.79. The monoisotopic (exact) mass is 273 g/mol. The summed E-state index contributed by atoms with van der Waals surface area (Å²) < 4.78 is 2.41. The zero-order valence-corrected chi connectivity index (χ0v) is 12.8.